The van der Waals surface area contributed by atoms with Crippen LogP contribution in [-0.2, 0) is 4.79 Å². The van der Waals surface area contributed by atoms with Crippen molar-refractivity contribution < 1.29 is 4.79 Å². The molecule has 1 rings (SSSR count). The van der Waals surface area contributed by atoms with E-state index in [0.29, 0.717) is 6.42 Å². The van der Waals surface area contributed by atoms with Crippen molar-refractivity contribution in [3.8, 4) is 0 Å². The summed E-state index contributed by atoms with van der Waals surface area (Å²) in [5.41, 5.74) is 0. The van der Waals surface area contributed by atoms with Crippen molar-refractivity contribution in [2.45, 2.75) is 12.8 Å². The fourth-order valence-electron chi connectivity index (χ4n) is 0.629. The Balaban J connectivity index is 2.57. The lowest BCUT2D eigenvalue weighted by atomic mass is 10.3. The fourth-order valence-corrected chi connectivity index (χ4v) is 1.08. The maximum absolute atomic E-state index is 10.8. The number of nitrogens with zero attached hydrogens (tertiary/aromatic N) is 2. The zero-order valence-electron chi connectivity index (χ0n) is 5.20. The highest BCUT2D eigenvalue weighted by Crippen LogP contribution is 2.12. The summed E-state index contributed by atoms with van der Waals surface area (Å²) in [6.07, 6.45) is 4.98. The quantitative estimate of drug-likeness (QED) is 0.511. The maximum atomic E-state index is 10.8. The molecule has 0 saturated carbocycles. The highest BCUT2D eigenvalue weighted by molar-refractivity contribution is 7.96. The summed E-state index contributed by atoms with van der Waals surface area (Å²) in [5.74, 6) is 0.102. The lowest BCUT2D eigenvalue weighted by Gasteiger charge is -2.15. The Labute approximate surface area is 58.2 Å². The van der Waals surface area contributed by atoms with Gasteiger partial charge in [-0.25, -0.2) is 0 Å². The summed E-state index contributed by atoms with van der Waals surface area (Å²) in [5, 5.41) is 3.85. The number of carbonyl (C=O) groups excluding carboxylic acids is 1. The molecule has 3 nitrogen and oxygen atoms in total. The first-order valence-corrected chi connectivity index (χ1v) is 3.92. The van der Waals surface area contributed by atoms with Gasteiger partial charge >= 0.3 is 0 Å². The van der Waals surface area contributed by atoms with E-state index in [1.165, 1.54) is 16.4 Å². The van der Waals surface area contributed by atoms with Crippen molar-refractivity contribution in [1.82, 2.24) is 4.41 Å². The molecule has 0 spiro atoms. The fraction of sp³-hybridized carbons (Fsp3) is 0.600. The van der Waals surface area contributed by atoms with Crippen LogP contribution < -0.4 is 0 Å². The van der Waals surface area contributed by atoms with E-state index < -0.39 is 0 Å². The molecule has 1 aliphatic heterocycles. The second-order valence-corrected chi connectivity index (χ2v) is 2.40. The third-order valence-corrected chi connectivity index (χ3v) is 1.70. The van der Waals surface area contributed by atoms with Gasteiger partial charge < -0.3 is 0 Å². The molecule has 1 aliphatic rings. The summed E-state index contributed by atoms with van der Waals surface area (Å²) in [6, 6.07) is 0. The van der Waals surface area contributed by atoms with Crippen LogP contribution in [0, 0.1) is 0 Å². The van der Waals surface area contributed by atoms with E-state index in [1.54, 1.807) is 6.21 Å². The molecular weight excluding hydrogens is 136 g/mol. The average Bonchev–Trinajstić information content (AvgIpc) is 1.89. The molecule has 0 fully saturated rings. The molecule has 0 bridgehead atoms. The molecule has 1 heterocycles. The maximum Gasteiger partial charge on any atom is 0.253 e. The van der Waals surface area contributed by atoms with Gasteiger partial charge in [-0.3, -0.25) is 4.79 Å². The monoisotopic (exact) mass is 144 g/mol. The number of amides is 1. The second-order valence-electron chi connectivity index (χ2n) is 1.69. The predicted octanol–water partition coefficient (Wildman–Crippen LogP) is 0.873. The van der Waals surface area contributed by atoms with Crippen molar-refractivity contribution in [2.24, 2.45) is 5.10 Å². The van der Waals surface area contributed by atoms with E-state index in [1.807, 2.05) is 6.26 Å². The largest absolute Gasteiger partial charge is 0.272 e. The minimum Gasteiger partial charge on any atom is -0.272 e. The summed E-state index contributed by atoms with van der Waals surface area (Å²) in [6.45, 7) is 0. The van der Waals surface area contributed by atoms with Gasteiger partial charge in [0.05, 0.1) is 0 Å². The van der Waals surface area contributed by atoms with Crippen LogP contribution in [0.15, 0.2) is 5.10 Å². The molecule has 50 valence electrons. The third kappa shape index (κ3) is 1.45. The van der Waals surface area contributed by atoms with Crippen LogP contribution in [0.4, 0.5) is 0 Å². The summed E-state index contributed by atoms with van der Waals surface area (Å²) < 4.78 is 1.41. The first kappa shape index (κ1) is 6.61. The molecule has 0 aromatic rings. The van der Waals surface area contributed by atoms with Crippen LogP contribution in [0.1, 0.15) is 12.8 Å². The van der Waals surface area contributed by atoms with Crippen LogP contribution in [-0.4, -0.2) is 22.8 Å². The van der Waals surface area contributed by atoms with Crippen molar-refractivity contribution >= 4 is 24.1 Å². The van der Waals surface area contributed by atoms with Crippen LogP contribution >= 0.6 is 11.9 Å². The number of hydrogen-bond donors (Lipinski definition) is 0. The Morgan fingerprint density at radius 1 is 1.89 bits per heavy atom. The Kier molecular flexibility index (Phi) is 2.10. The van der Waals surface area contributed by atoms with E-state index in [4.69, 9.17) is 0 Å². The Hall–Kier alpha value is -0.510. The van der Waals surface area contributed by atoms with Gasteiger partial charge in [-0.1, -0.05) is 0 Å². The van der Waals surface area contributed by atoms with E-state index in [9.17, 15) is 4.79 Å². The first-order valence-electron chi connectivity index (χ1n) is 2.74. The lowest BCUT2D eigenvalue weighted by Crippen LogP contribution is -2.21. The van der Waals surface area contributed by atoms with Gasteiger partial charge in [0.15, 0.2) is 0 Å². The molecule has 9 heavy (non-hydrogen) atoms. The third-order valence-electron chi connectivity index (χ3n) is 1.06. The van der Waals surface area contributed by atoms with Gasteiger partial charge in [0, 0.05) is 18.9 Å². The molecule has 0 radical (unpaired) electrons. The van der Waals surface area contributed by atoms with Gasteiger partial charge in [-0.2, -0.15) is 9.52 Å². The average molecular weight is 144 g/mol. The van der Waals surface area contributed by atoms with Crippen LogP contribution in [0.3, 0.4) is 0 Å². The lowest BCUT2D eigenvalue weighted by molar-refractivity contribution is -0.126. The van der Waals surface area contributed by atoms with E-state index in [-0.39, 0.29) is 5.91 Å². The number of carbonyl (C=O) groups is 1. The second kappa shape index (κ2) is 2.87. The predicted molar refractivity (Wildman–Crippen MR) is 38.1 cm³/mol. The van der Waals surface area contributed by atoms with E-state index >= 15 is 0 Å². The minimum absolute atomic E-state index is 0.102. The summed E-state index contributed by atoms with van der Waals surface area (Å²) in [7, 11) is 0. The zero-order valence-corrected chi connectivity index (χ0v) is 6.02. The number of hydrazone groups is 1. The Morgan fingerprint density at radius 3 is 3.11 bits per heavy atom. The van der Waals surface area contributed by atoms with Crippen LogP contribution in [0.25, 0.3) is 0 Å². The summed E-state index contributed by atoms with van der Waals surface area (Å²) >= 11 is 1.34. The SMILES string of the molecule is CSN1N=CCCC1=O. The molecule has 0 atom stereocenters. The molecular formula is C5H8N2OS. The molecule has 0 aliphatic carbocycles. The van der Waals surface area contributed by atoms with Crippen molar-refractivity contribution in [2.75, 3.05) is 6.26 Å². The smallest absolute Gasteiger partial charge is 0.253 e. The highest BCUT2D eigenvalue weighted by atomic mass is 32.2. The zero-order chi connectivity index (χ0) is 6.69. The Morgan fingerprint density at radius 2 is 2.67 bits per heavy atom. The van der Waals surface area contributed by atoms with Crippen molar-refractivity contribution in [1.29, 1.82) is 0 Å². The van der Waals surface area contributed by atoms with E-state index in [2.05, 4.69) is 5.10 Å². The van der Waals surface area contributed by atoms with Gasteiger partial charge in [-0.15, -0.1) is 0 Å². The Bertz CT molecular complexity index is 146. The minimum atomic E-state index is 0.102. The van der Waals surface area contributed by atoms with Gasteiger partial charge in [0.1, 0.15) is 0 Å². The van der Waals surface area contributed by atoms with Gasteiger partial charge in [0.25, 0.3) is 5.91 Å². The first-order chi connectivity index (χ1) is 4.34. The van der Waals surface area contributed by atoms with Crippen molar-refractivity contribution in [3.63, 3.8) is 0 Å². The summed E-state index contributed by atoms with van der Waals surface area (Å²) in [4.78, 5) is 10.8. The van der Waals surface area contributed by atoms with E-state index in [0.717, 1.165) is 6.42 Å². The van der Waals surface area contributed by atoms with Gasteiger partial charge in [0.2, 0.25) is 0 Å². The molecule has 0 N–H and O–H groups in total. The van der Waals surface area contributed by atoms with Crippen molar-refractivity contribution in [3.05, 3.63) is 0 Å². The van der Waals surface area contributed by atoms with Crippen LogP contribution in [0.2, 0.25) is 0 Å². The molecule has 0 saturated heterocycles. The van der Waals surface area contributed by atoms with Crippen LogP contribution in [0.5, 0.6) is 0 Å². The molecule has 0 aromatic carbocycles. The number of hydrogen-bond acceptors (Lipinski definition) is 3. The van der Waals surface area contributed by atoms with Gasteiger partial charge in [-0.05, 0) is 18.4 Å². The standard InChI is InChI=1S/C5H8N2OS/c1-9-7-5(8)3-2-4-6-7/h4H,2-3H2,1H3. The highest BCUT2D eigenvalue weighted by Gasteiger charge is 2.12. The molecule has 0 aromatic heterocycles. The normalized spacial score (nSPS) is 18.8. The topological polar surface area (TPSA) is 32.7 Å². The molecule has 1 amide bonds. The molecule has 4 heteroatoms. The molecule has 0 unspecified atom stereocenters. The number of rotatable bonds is 1.